The predicted octanol–water partition coefficient (Wildman–Crippen LogP) is 2.09. The smallest absolute Gasteiger partial charge is 0.253 e. The van der Waals surface area contributed by atoms with Crippen molar-refractivity contribution in [1.82, 2.24) is 9.88 Å². The van der Waals surface area contributed by atoms with Crippen LogP contribution in [-0.2, 0) is 0 Å². The Morgan fingerprint density at radius 3 is 2.43 bits per heavy atom. The van der Waals surface area contributed by atoms with Gasteiger partial charge in [0.2, 0.25) is 0 Å². The average Bonchev–Trinajstić information content (AvgIpc) is 3.25. The Kier molecular flexibility index (Phi) is 4.30. The molecule has 1 aliphatic rings. The lowest BCUT2D eigenvalue weighted by molar-refractivity contribution is 0.0762. The Hall–Kier alpha value is -2.40. The number of aliphatic hydroxyl groups excluding tert-OH is 1. The van der Waals surface area contributed by atoms with Gasteiger partial charge in [-0.05, 0) is 31.5 Å². The van der Waals surface area contributed by atoms with E-state index in [1.165, 1.54) is 0 Å². The molecule has 5 heteroatoms. The van der Waals surface area contributed by atoms with E-state index in [9.17, 15) is 14.7 Å². The van der Waals surface area contributed by atoms with Crippen molar-refractivity contribution in [2.24, 2.45) is 5.92 Å². The van der Waals surface area contributed by atoms with E-state index in [1.54, 1.807) is 54.5 Å². The van der Waals surface area contributed by atoms with Gasteiger partial charge in [0.05, 0.1) is 6.10 Å². The number of hydrogen-bond acceptors (Lipinski definition) is 3. The second-order valence-corrected chi connectivity index (χ2v) is 6.05. The summed E-state index contributed by atoms with van der Waals surface area (Å²) in [6.45, 7) is 3.01. The van der Waals surface area contributed by atoms with Crippen molar-refractivity contribution >= 4 is 11.7 Å². The minimum Gasteiger partial charge on any atom is -0.393 e. The van der Waals surface area contributed by atoms with Crippen molar-refractivity contribution in [2.45, 2.75) is 19.4 Å². The Morgan fingerprint density at radius 2 is 1.87 bits per heavy atom. The molecule has 0 aliphatic carbocycles. The van der Waals surface area contributed by atoms with Crippen LogP contribution < -0.4 is 0 Å². The molecule has 23 heavy (non-hydrogen) atoms. The third-order valence-electron chi connectivity index (χ3n) is 4.45. The van der Waals surface area contributed by atoms with Crippen molar-refractivity contribution < 1.29 is 14.7 Å². The Morgan fingerprint density at radius 1 is 1.17 bits per heavy atom. The first-order valence-corrected chi connectivity index (χ1v) is 7.81. The molecule has 0 bridgehead atoms. The van der Waals surface area contributed by atoms with Gasteiger partial charge in [0.1, 0.15) is 0 Å². The first-order chi connectivity index (χ1) is 11.1. The molecule has 1 amide bonds. The summed E-state index contributed by atoms with van der Waals surface area (Å²) in [4.78, 5) is 29.3. The zero-order valence-corrected chi connectivity index (χ0v) is 13.0. The normalized spacial score (nSPS) is 18.9. The Bertz CT molecular complexity index is 690. The molecule has 2 unspecified atom stereocenters. The number of nitrogens with one attached hydrogen (secondary N) is 1. The highest BCUT2D eigenvalue weighted by Crippen LogP contribution is 2.22. The fourth-order valence-electron chi connectivity index (χ4n) is 2.94. The summed E-state index contributed by atoms with van der Waals surface area (Å²) >= 11 is 0. The van der Waals surface area contributed by atoms with E-state index < -0.39 is 6.10 Å². The quantitative estimate of drug-likeness (QED) is 0.849. The minimum atomic E-state index is -0.394. The van der Waals surface area contributed by atoms with Gasteiger partial charge in [0.15, 0.2) is 5.78 Å². The molecule has 0 radical (unpaired) electrons. The molecule has 2 N–H and O–H groups in total. The summed E-state index contributed by atoms with van der Waals surface area (Å²) < 4.78 is 0. The largest absolute Gasteiger partial charge is 0.393 e. The number of benzene rings is 1. The molecule has 1 aromatic carbocycles. The van der Waals surface area contributed by atoms with Crippen molar-refractivity contribution in [3.8, 4) is 0 Å². The molecule has 1 aliphatic heterocycles. The van der Waals surface area contributed by atoms with Crippen molar-refractivity contribution in [1.29, 1.82) is 0 Å². The highest BCUT2D eigenvalue weighted by molar-refractivity contribution is 6.09. The molecule has 2 atom stereocenters. The van der Waals surface area contributed by atoms with E-state index >= 15 is 0 Å². The molecule has 3 rings (SSSR count). The van der Waals surface area contributed by atoms with Crippen molar-refractivity contribution in [2.75, 3.05) is 13.1 Å². The summed E-state index contributed by atoms with van der Waals surface area (Å²) in [5.41, 5.74) is 1.73. The van der Waals surface area contributed by atoms with E-state index in [1.807, 2.05) is 0 Å². The predicted molar refractivity (Wildman–Crippen MR) is 86.4 cm³/mol. The standard InChI is InChI=1S/C18H20N2O3/c1-12(21)16-7-9-20(11-16)18(23)14-4-2-13(3-5-14)17(22)15-6-8-19-10-15/h2-6,8,10,12,16,19,21H,7,9,11H2,1H3. The van der Waals surface area contributed by atoms with Gasteiger partial charge in [0, 0.05) is 48.1 Å². The molecule has 5 nitrogen and oxygen atoms in total. The highest BCUT2D eigenvalue weighted by atomic mass is 16.3. The van der Waals surface area contributed by atoms with E-state index in [0.29, 0.717) is 29.8 Å². The van der Waals surface area contributed by atoms with Crippen LogP contribution in [0.1, 0.15) is 39.6 Å². The molecule has 120 valence electrons. The van der Waals surface area contributed by atoms with Gasteiger partial charge in [-0.2, -0.15) is 0 Å². The number of aromatic nitrogens is 1. The fourth-order valence-corrected chi connectivity index (χ4v) is 2.94. The lowest BCUT2D eigenvalue weighted by Crippen LogP contribution is -2.30. The maximum absolute atomic E-state index is 12.5. The van der Waals surface area contributed by atoms with Gasteiger partial charge in [0.25, 0.3) is 5.91 Å². The lowest BCUT2D eigenvalue weighted by Gasteiger charge is -2.18. The number of H-pyrrole nitrogens is 1. The van der Waals surface area contributed by atoms with E-state index in [0.717, 1.165) is 6.42 Å². The zero-order valence-electron chi connectivity index (χ0n) is 13.0. The van der Waals surface area contributed by atoms with Gasteiger partial charge in [-0.1, -0.05) is 12.1 Å². The number of aromatic amines is 1. The third kappa shape index (κ3) is 3.19. The molecule has 0 saturated carbocycles. The lowest BCUT2D eigenvalue weighted by atomic mass is 10.0. The van der Waals surface area contributed by atoms with Gasteiger partial charge < -0.3 is 15.0 Å². The first kappa shape index (κ1) is 15.5. The number of amides is 1. The second kappa shape index (κ2) is 6.38. The number of carbonyl (C=O) groups excluding carboxylic acids is 2. The van der Waals surface area contributed by atoms with Crippen molar-refractivity contribution in [3.63, 3.8) is 0 Å². The first-order valence-electron chi connectivity index (χ1n) is 7.81. The summed E-state index contributed by atoms with van der Waals surface area (Å²) in [5, 5.41) is 9.63. The summed E-state index contributed by atoms with van der Waals surface area (Å²) in [5.74, 6) is 0.0303. The third-order valence-corrected chi connectivity index (χ3v) is 4.45. The Labute approximate surface area is 134 Å². The van der Waals surface area contributed by atoms with Crippen molar-refractivity contribution in [3.05, 3.63) is 59.4 Å². The maximum atomic E-state index is 12.5. The highest BCUT2D eigenvalue weighted by Gasteiger charge is 2.29. The number of nitrogens with zero attached hydrogens (tertiary/aromatic N) is 1. The van der Waals surface area contributed by atoms with Crippen LogP contribution in [0, 0.1) is 5.92 Å². The molecule has 1 fully saturated rings. The van der Waals surface area contributed by atoms with Gasteiger partial charge in [-0.25, -0.2) is 0 Å². The number of carbonyl (C=O) groups is 2. The average molecular weight is 312 g/mol. The molecule has 0 spiro atoms. The van der Waals surface area contributed by atoms with Gasteiger partial charge in [-0.3, -0.25) is 9.59 Å². The summed E-state index contributed by atoms with van der Waals surface area (Å²) in [6.07, 6.45) is 3.79. The molecule has 2 aromatic rings. The summed E-state index contributed by atoms with van der Waals surface area (Å²) in [7, 11) is 0. The van der Waals surface area contributed by atoms with E-state index in [-0.39, 0.29) is 17.6 Å². The molecular weight excluding hydrogens is 292 g/mol. The van der Waals surface area contributed by atoms with Gasteiger partial charge >= 0.3 is 0 Å². The fraction of sp³-hybridized carbons (Fsp3) is 0.333. The SMILES string of the molecule is CC(O)C1CCN(C(=O)c2ccc(C(=O)c3cc[nH]c3)cc2)C1. The minimum absolute atomic E-state index is 0.0474. The zero-order chi connectivity index (χ0) is 16.4. The number of likely N-dealkylation sites (tertiary alicyclic amines) is 1. The number of rotatable bonds is 4. The van der Waals surface area contributed by atoms with E-state index in [2.05, 4.69) is 4.98 Å². The van der Waals surface area contributed by atoms with Crippen LogP contribution in [0.25, 0.3) is 0 Å². The topological polar surface area (TPSA) is 73.4 Å². The number of ketones is 1. The summed E-state index contributed by atoms with van der Waals surface area (Å²) in [6, 6.07) is 8.48. The Balaban J connectivity index is 1.70. The number of hydrogen-bond donors (Lipinski definition) is 2. The number of aliphatic hydroxyl groups is 1. The van der Waals surface area contributed by atoms with Crippen LogP contribution in [0.3, 0.4) is 0 Å². The maximum Gasteiger partial charge on any atom is 0.253 e. The molecular formula is C18H20N2O3. The molecule has 1 aromatic heterocycles. The molecule has 1 saturated heterocycles. The second-order valence-electron chi connectivity index (χ2n) is 6.05. The van der Waals surface area contributed by atoms with Crippen LogP contribution >= 0.6 is 0 Å². The van der Waals surface area contributed by atoms with E-state index in [4.69, 9.17) is 0 Å². The monoisotopic (exact) mass is 312 g/mol. The molecule has 2 heterocycles. The van der Waals surface area contributed by atoms with Crippen LogP contribution in [0.4, 0.5) is 0 Å². The van der Waals surface area contributed by atoms with Crippen LogP contribution in [0.5, 0.6) is 0 Å². The van der Waals surface area contributed by atoms with Gasteiger partial charge in [-0.15, -0.1) is 0 Å². The van der Waals surface area contributed by atoms with Crippen LogP contribution in [0.2, 0.25) is 0 Å². The van der Waals surface area contributed by atoms with Crippen LogP contribution in [0.15, 0.2) is 42.7 Å². The van der Waals surface area contributed by atoms with Crippen LogP contribution in [-0.4, -0.2) is 45.9 Å².